The number of fused-ring (bicyclic) bond motifs is 1. The SMILES string of the molecule is COC(=O)c1c(F)c(Br)cc2sc(N)nc12. The van der Waals surface area contributed by atoms with Crippen molar-refractivity contribution < 1.29 is 13.9 Å². The molecular formula is C9H6BrFN2O2S. The Hall–Kier alpha value is -1.21. The Morgan fingerprint density at radius 2 is 2.38 bits per heavy atom. The maximum atomic E-state index is 13.8. The normalized spacial score (nSPS) is 10.7. The number of halogens is 2. The van der Waals surface area contributed by atoms with Crippen molar-refractivity contribution in [2.45, 2.75) is 0 Å². The number of carbonyl (C=O) groups is 1. The second-order valence-electron chi connectivity index (χ2n) is 2.94. The van der Waals surface area contributed by atoms with Crippen LogP contribution in [0.5, 0.6) is 0 Å². The third kappa shape index (κ3) is 1.65. The molecule has 0 fully saturated rings. The number of aromatic nitrogens is 1. The molecule has 0 spiro atoms. The smallest absolute Gasteiger partial charge is 0.343 e. The number of nitrogens with zero attached hydrogens (tertiary/aromatic N) is 1. The average molecular weight is 305 g/mol. The zero-order chi connectivity index (χ0) is 11.9. The van der Waals surface area contributed by atoms with Gasteiger partial charge in [-0.15, -0.1) is 0 Å². The Kier molecular flexibility index (Phi) is 2.81. The van der Waals surface area contributed by atoms with E-state index in [0.717, 1.165) is 0 Å². The predicted molar refractivity (Wildman–Crippen MR) is 63.0 cm³/mol. The summed E-state index contributed by atoms with van der Waals surface area (Å²) in [4.78, 5) is 15.4. The van der Waals surface area contributed by atoms with Gasteiger partial charge in [0.2, 0.25) is 0 Å². The summed E-state index contributed by atoms with van der Waals surface area (Å²) in [5.41, 5.74) is 5.56. The molecule has 0 aliphatic rings. The van der Waals surface area contributed by atoms with Gasteiger partial charge < -0.3 is 10.5 Å². The minimum absolute atomic E-state index is 0.184. The van der Waals surface area contributed by atoms with E-state index in [4.69, 9.17) is 5.73 Å². The third-order valence-corrected chi connectivity index (χ3v) is 3.39. The summed E-state index contributed by atoms with van der Waals surface area (Å²) < 4.78 is 19.1. The molecule has 0 aliphatic carbocycles. The van der Waals surface area contributed by atoms with E-state index in [1.165, 1.54) is 24.5 Å². The molecule has 1 aromatic heterocycles. The van der Waals surface area contributed by atoms with Gasteiger partial charge in [-0.3, -0.25) is 0 Å². The standard InChI is InChI=1S/C9H6BrFN2O2S/c1-15-8(14)5-6(11)3(10)2-4-7(5)13-9(12)16-4/h2H,1H3,(H2,12,13). The minimum Gasteiger partial charge on any atom is -0.465 e. The van der Waals surface area contributed by atoms with Gasteiger partial charge in [-0.05, 0) is 22.0 Å². The number of esters is 1. The molecule has 0 atom stereocenters. The van der Waals surface area contributed by atoms with Gasteiger partial charge in [-0.25, -0.2) is 14.2 Å². The lowest BCUT2D eigenvalue weighted by Crippen LogP contribution is -2.06. The van der Waals surface area contributed by atoms with E-state index in [-0.39, 0.29) is 20.7 Å². The van der Waals surface area contributed by atoms with E-state index in [1.807, 2.05) is 0 Å². The zero-order valence-corrected chi connectivity index (χ0v) is 10.5. The molecule has 0 saturated carbocycles. The first-order valence-corrected chi connectivity index (χ1v) is 5.78. The van der Waals surface area contributed by atoms with Gasteiger partial charge in [-0.1, -0.05) is 11.3 Å². The van der Waals surface area contributed by atoms with Crippen LogP contribution < -0.4 is 5.73 Å². The van der Waals surface area contributed by atoms with Crippen LogP contribution in [0.1, 0.15) is 10.4 Å². The van der Waals surface area contributed by atoms with Gasteiger partial charge in [-0.2, -0.15) is 0 Å². The lowest BCUT2D eigenvalue weighted by atomic mass is 10.2. The highest BCUT2D eigenvalue weighted by atomic mass is 79.9. The van der Waals surface area contributed by atoms with Crippen LogP contribution in [0.3, 0.4) is 0 Å². The largest absolute Gasteiger partial charge is 0.465 e. The minimum atomic E-state index is -0.769. The average Bonchev–Trinajstić information content (AvgIpc) is 2.59. The highest BCUT2D eigenvalue weighted by Crippen LogP contribution is 2.33. The number of nitrogen functional groups attached to an aromatic ring is 1. The molecule has 0 unspecified atom stereocenters. The summed E-state index contributed by atoms with van der Waals surface area (Å²) in [7, 11) is 1.18. The molecule has 0 bridgehead atoms. The number of ether oxygens (including phenoxy) is 1. The van der Waals surface area contributed by atoms with Gasteiger partial charge in [0.15, 0.2) is 10.9 Å². The van der Waals surface area contributed by atoms with E-state index < -0.39 is 11.8 Å². The maximum absolute atomic E-state index is 13.8. The Morgan fingerprint density at radius 1 is 1.69 bits per heavy atom. The van der Waals surface area contributed by atoms with Crippen LogP contribution in [0.15, 0.2) is 10.5 Å². The Balaban J connectivity index is 2.86. The van der Waals surface area contributed by atoms with Crippen molar-refractivity contribution >= 4 is 48.6 Å². The maximum Gasteiger partial charge on any atom is 0.343 e. The highest BCUT2D eigenvalue weighted by Gasteiger charge is 2.22. The van der Waals surface area contributed by atoms with Crippen LogP contribution in [0.4, 0.5) is 9.52 Å². The predicted octanol–water partition coefficient (Wildman–Crippen LogP) is 2.57. The van der Waals surface area contributed by atoms with Gasteiger partial charge in [0, 0.05) is 0 Å². The number of methoxy groups -OCH3 is 1. The Morgan fingerprint density at radius 3 is 3.00 bits per heavy atom. The second kappa shape index (κ2) is 3.99. The first kappa shape index (κ1) is 11.3. The second-order valence-corrected chi connectivity index (χ2v) is 4.85. The number of rotatable bonds is 1. The molecule has 1 aromatic carbocycles. The van der Waals surface area contributed by atoms with Crippen molar-refractivity contribution in [3.63, 3.8) is 0 Å². The van der Waals surface area contributed by atoms with E-state index in [0.29, 0.717) is 4.70 Å². The lowest BCUT2D eigenvalue weighted by Gasteiger charge is -2.03. The highest BCUT2D eigenvalue weighted by molar-refractivity contribution is 9.10. The molecule has 0 radical (unpaired) electrons. The molecule has 2 N–H and O–H groups in total. The van der Waals surface area contributed by atoms with Gasteiger partial charge in [0.1, 0.15) is 11.1 Å². The number of hydrogen-bond donors (Lipinski definition) is 1. The third-order valence-electron chi connectivity index (χ3n) is 1.98. The van der Waals surface area contributed by atoms with E-state index in [1.54, 1.807) is 0 Å². The molecule has 84 valence electrons. The molecule has 4 nitrogen and oxygen atoms in total. The molecule has 2 aromatic rings. The van der Waals surface area contributed by atoms with Crippen molar-refractivity contribution in [3.05, 3.63) is 21.9 Å². The summed E-state index contributed by atoms with van der Waals surface area (Å²) in [6, 6.07) is 1.53. The number of carbonyl (C=O) groups excluding carboxylic acids is 1. The van der Waals surface area contributed by atoms with Crippen LogP contribution in [-0.4, -0.2) is 18.1 Å². The molecule has 0 saturated heterocycles. The number of hydrogen-bond acceptors (Lipinski definition) is 5. The first-order chi connectivity index (χ1) is 7.54. The topological polar surface area (TPSA) is 65.2 Å². The summed E-state index contributed by atoms with van der Waals surface area (Å²) >= 11 is 4.21. The molecule has 1 heterocycles. The summed E-state index contributed by atoms with van der Waals surface area (Å²) in [5, 5.41) is 0.276. The Labute approximate surface area is 102 Å². The van der Waals surface area contributed by atoms with Crippen molar-refractivity contribution in [1.82, 2.24) is 4.98 Å². The van der Waals surface area contributed by atoms with Crippen molar-refractivity contribution in [1.29, 1.82) is 0 Å². The van der Waals surface area contributed by atoms with Gasteiger partial charge >= 0.3 is 5.97 Å². The number of anilines is 1. The zero-order valence-electron chi connectivity index (χ0n) is 8.08. The summed E-state index contributed by atoms with van der Waals surface area (Å²) in [6.07, 6.45) is 0. The monoisotopic (exact) mass is 304 g/mol. The molecular weight excluding hydrogens is 299 g/mol. The first-order valence-electron chi connectivity index (χ1n) is 4.17. The number of thiazole rings is 1. The molecule has 2 rings (SSSR count). The lowest BCUT2D eigenvalue weighted by molar-refractivity contribution is 0.0597. The fraction of sp³-hybridized carbons (Fsp3) is 0.111. The van der Waals surface area contributed by atoms with Gasteiger partial charge in [0.25, 0.3) is 0 Å². The summed E-state index contributed by atoms with van der Waals surface area (Å²) in [5.74, 6) is -1.46. The molecule has 0 aliphatic heterocycles. The summed E-state index contributed by atoms with van der Waals surface area (Å²) in [6.45, 7) is 0. The quantitative estimate of drug-likeness (QED) is 0.822. The van der Waals surface area contributed by atoms with E-state index in [9.17, 15) is 9.18 Å². The van der Waals surface area contributed by atoms with Gasteiger partial charge in [0.05, 0.1) is 16.3 Å². The van der Waals surface area contributed by atoms with Crippen molar-refractivity contribution in [2.75, 3.05) is 12.8 Å². The molecule has 7 heteroatoms. The fourth-order valence-electron chi connectivity index (χ4n) is 1.32. The number of benzene rings is 1. The van der Waals surface area contributed by atoms with Crippen LogP contribution >= 0.6 is 27.3 Å². The van der Waals surface area contributed by atoms with Crippen LogP contribution in [0.2, 0.25) is 0 Å². The number of nitrogens with two attached hydrogens (primary N) is 1. The van der Waals surface area contributed by atoms with E-state index in [2.05, 4.69) is 25.7 Å². The van der Waals surface area contributed by atoms with Crippen molar-refractivity contribution in [3.8, 4) is 0 Å². The Bertz CT molecular complexity index is 584. The van der Waals surface area contributed by atoms with Crippen molar-refractivity contribution in [2.24, 2.45) is 0 Å². The van der Waals surface area contributed by atoms with E-state index >= 15 is 0 Å². The van der Waals surface area contributed by atoms with Crippen LogP contribution in [0.25, 0.3) is 10.2 Å². The molecule has 0 amide bonds. The fourth-order valence-corrected chi connectivity index (χ4v) is 2.68. The van der Waals surface area contributed by atoms with Crippen LogP contribution in [0, 0.1) is 5.82 Å². The van der Waals surface area contributed by atoms with Crippen LogP contribution in [-0.2, 0) is 4.74 Å². The molecule has 16 heavy (non-hydrogen) atoms.